The van der Waals surface area contributed by atoms with Gasteiger partial charge in [0.25, 0.3) is 0 Å². The lowest BCUT2D eigenvalue weighted by Crippen LogP contribution is -2.62. The molecule has 75 heavy (non-hydrogen) atoms. The van der Waals surface area contributed by atoms with Crippen LogP contribution in [0.3, 0.4) is 0 Å². The second-order valence-electron chi connectivity index (χ2n) is 18.6. The number of carbonyl (C=O) groups excluding carboxylic acids is 9. The summed E-state index contributed by atoms with van der Waals surface area (Å²) < 4.78 is 6.08. The first-order chi connectivity index (χ1) is 35.6. The average Bonchev–Trinajstić information content (AvgIpc) is 3.36. The van der Waals surface area contributed by atoms with Gasteiger partial charge in [0.2, 0.25) is 41.4 Å². The summed E-state index contributed by atoms with van der Waals surface area (Å²) in [4.78, 5) is 134. The van der Waals surface area contributed by atoms with Crippen LogP contribution in [0.15, 0.2) is 12.8 Å². The van der Waals surface area contributed by atoms with Crippen LogP contribution < -0.4 is 48.7 Å². The lowest BCUT2D eigenvalue weighted by molar-refractivity contribution is -0.164. The van der Waals surface area contributed by atoms with Gasteiger partial charge in [0.15, 0.2) is 6.10 Å². The number of hydroxylamine groups is 4. The van der Waals surface area contributed by atoms with Crippen molar-refractivity contribution in [2.24, 2.45) is 17.4 Å². The van der Waals surface area contributed by atoms with Gasteiger partial charge in [-0.2, -0.15) is 0 Å². The molecule has 0 radical (unpaired) electrons. The first-order valence-corrected chi connectivity index (χ1v) is 25.9. The van der Waals surface area contributed by atoms with Gasteiger partial charge in [0.1, 0.15) is 36.3 Å². The highest BCUT2D eigenvalue weighted by molar-refractivity contribution is 5.98. The molecule has 9 amide bonds. The zero-order valence-corrected chi connectivity index (χ0v) is 43.7. The molecule has 0 spiro atoms. The number of rotatable bonds is 32. The van der Waals surface area contributed by atoms with E-state index < -0.39 is 120 Å². The Labute approximate surface area is 438 Å². The van der Waals surface area contributed by atoms with E-state index in [1.54, 1.807) is 0 Å². The molecule has 1 aliphatic heterocycles. The fraction of sp³-hybridized carbons (Fsp3) is 0.750. The van der Waals surface area contributed by atoms with Crippen LogP contribution >= 0.6 is 0 Å². The van der Waals surface area contributed by atoms with Crippen LogP contribution in [0.5, 0.6) is 0 Å². The fourth-order valence-corrected chi connectivity index (χ4v) is 8.05. The Balaban J connectivity index is 4.05. The van der Waals surface area contributed by atoms with Crippen molar-refractivity contribution in [1.29, 1.82) is 0 Å². The van der Waals surface area contributed by atoms with Crippen molar-refractivity contribution in [2.45, 2.75) is 191 Å². The van der Waals surface area contributed by atoms with Gasteiger partial charge < -0.3 is 68.7 Å². The minimum Gasteiger partial charge on any atom is -0.479 e. The first-order valence-electron chi connectivity index (χ1n) is 25.9. The van der Waals surface area contributed by atoms with Crippen molar-refractivity contribution in [3.05, 3.63) is 12.8 Å². The third-order valence-corrected chi connectivity index (χ3v) is 12.5. The summed E-state index contributed by atoms with van der Waals surface area (Å²) in [5.41, 5.74) is 10.9. The maximum atomic E-state index is 14.7. The van der Waals surface area contributed by atoms with E-state index in [1.165, 1.54) is 19.8 Å². The molecule has 0 aromatic carbocycles. The Morgan fingerprint density at radius 2 is 1.27 bits per heavy atom. The largest absolute Gasteiger partial charge is 0.479 e. The number of cyclic esters (lactones) is 1. The van der Waals surface area contributed by atoms with E-state index in [4.69, 9.17) is 16.2 Å². The number of nitrogens with zero attached hydrogens (tertiary/aromatic N) is 2. The zero-order chi connectivity index (χ0) is 56.5. The monoisotopic (exact) mass is 1070 g/mol. The summed E-state index contributed by atoms with van der Waals surface area (Å²) in [7, 11) is 0. The van der Waals surface area contributed by atoms with E-state index in [9.17, 15) is 73.7 Å². The highest BCUT2D eigenvalue weighted by Gasteiger charge is 2.42. The van der Waals surface area contributed by atoms with Gasteiger partial charge in [-0.05, 0) is 71.3 Å². The second kappa shape index (κ2) is 37.6. The number of esters is 1. The van der Waals surface area contributed by atoms with E-state index in [-0.39, 0.29) is 84.0 Å². The van der Waals surface area contributed by atoms with Gasteiger partial charge in [0, 0.05) is 39.2 Å². The van der Waals surface area contributed by atoms with Crippen LogP contribution in [0, 0.1) is 5.92 Å². The van der Waals surface area contributed by atoms with E-state index >= 15 is 0 Å². The predicted octanol–water partition coefficient (Wildman–Crippen LogP) is -0.974. The van der Waals surface area contributed by atoms with Gasteiger partial charge in [-0.3, -0.25) is 49.0 Å². The Morgan fingerprint density at radius 3 is 1.80 bits per heavy atom. The number of urea groups is 1. The number of carboxylic acid groups (broad SMARTS) is 1. The molecular formula is C48H85N11O16. The number of aliphatic hydroxyl groups is 2. The maximum absolute atomic E-state index is 14.7. The van der Waals surface area contributed by atoms with Gasteiger partial charge in [-0.1, -0.05) is 71.3 Å². The topological polar surface area (TPSA) is 424 Å². The Bertz CT molecular complexity index is 1850. The molecule has 0 bridgehead atoms. The molecule has 0 saturated carbocycles. The van der Waals surface area contributed by atoms with E-state index in [1.807, 2.05) is 0 Å². The smallest absolute Gasteiger partial charge is 0.335 e. The molecule has 0 aliphatic carbocycles. The molecular weight excluding hydrogens is 987 g/mol. The Morgan fingerprint density at radius 1 is 0.733 bits per heavy atom. The molecule has 0 aromatic heterocycles. The molecule has 1 saturated heterocycles. The van der Waals surface area contributed by atoms with Gasteiger partial charge in [-0.15, -0.1) is 0 Å². The molecule has 1 aliphatic rings. The van der Waals surface area contributed by atoms with E-state index in [0.29, 0.717) is 17.9 Å². The molecule has 16 N–H and O–H groups in total. The summed E-state index contributed by atoms with van der Waals surface area (Å²) in [5, 5.41) is 69.1. The third-order valence-electron chi connectivity index (χ3n) is 12.5. The van der Waals surface area contributed by atoms with Crippen LogP contribution in [0.1, 0.15) is 143 Å². The van der Waals surface area contributed by atoms with E-state index in [0.717, 1.165) is 56.7 Å². The summed E-state index contributed by atoms with van der Waals surface area (Å²) >= 11 is 0. The minimum absolute atomic E-state index is 0.00131. The Hall–Kier alpha value is -6.16. The Kier molecular flexibility index (Phi) is 33.5. The lowest BCUT2D eigenvalue weighted by Gasteiger charge is -2.34. The molecule has 428 valence electrons. The summed E-state index contributed by atoms with van der Waals surface area (Å²) in [6, 6.07) is -11.3. The number of primary amides is 1. The number of carboxylic acids is 1. The second-order valence-corrected chi connectivity index (χ2v) is 18.6. The van der Waals surface area contributed by atoms with E-state index in [2.05, 4.69) is 50.7 Å². The van der Waals surface area contributed by atoms with Gasteiger partial charge in [-0.25, -0.2) is 19.4 Å². The molecule has 27 nitrogen and oxygen atoms in total. The molecule has 1 heterocycles. The normalized spacial score (nSPS) is 21.9. The number of hydrogen-bond acceptors (Lipinski definition) is 17. The summed E-state index contributed by atoms with van der Waals surface area (Å²) in [6.45, 7) is 6.24. The van der Waals surface area contributed by atoms with Crippen molar-refractivity contribution in [1.82, 2.24) is 47.3 Å². The number of carbonyl (C=O) groups is 10. The highest BCUT2D eigenvalue weighted by atomic mass is 16.5. The van der Waals surface area contributed by atoms with Crippen LogP contribution in [-0.2, 0) is 47.9 Å². The number of amides is 9. The van der Waals surface area contributed by atoms with Crippen molar-refractivity contribution in [3.63, 3.8) is 0 Å². The number of aliphatic carboxylic acids is 1. The molecule has 1 rings (SSSR count). The van der Waals surface area contributed by atoms with Crippen LogP contribution in [0.2, 0.25) is 0 Å². The van der Waals surface area contributed by atoms with Crippen molar-refractivity contribution in [2.75, 3.05) is 32.8 Å². The molecule has 1 fully saturated rings. The minimum atomic E-state index is -2.69. The molecule has 9 atom stereocenters. The fourth-order valence-electron chi connectivity index (χ4n) is 8.05. The van der Waals surface area contributed by atoms with Gasteiger partial charge in [0.05, 0.1) is 18.6 Å². The molecule has 27 heteroatoms. The third kappa shape index (κ3) is 26.8. The lowest BCUT2D eigenvalue weighted by atomic mass is 9.92. The quantitative estimate of drug-likeness (QED) is 0.0167. The maximum Gasteiger partial charge on any atom is 0.335 e. The van der Waals surface area contributed by atoms with Crippen molar-refractivity contribution < 1.29 is 78.4 Å². The average molecular weight is 1070 g/mol. The molecule has 9 unspecified atom stereocenters. The number of nitrogens with one attached hydrogen (secondary N) is 7. The number of aliphatic hydroxyl groups excluding tert-OH is 2. The zero-order valence-electron chi connectivity index (χ0n) is 43.7. The van der Waals surface area contributed by atoms with Gasteiger partial charge >= 0.3 is 18.0 Å². The number of nitrogens with two attached hydrogens (primary N) is 2. The van der Waals surface area contributed by atoms with Crippen molar-refractivity contribution >= 4 is 59.3 Å². The standard InChI is InChI=1S/C48H85N11O16/c1-5-7-8-9-10-11-12-13-14-15-24-37(62)52-32(22-18-27-58(73)6-2)40-30(3)41(64)57-38(39(63)46(69)70)45(68)56-36(29-60)44(67)54-33(20-16-25-49)42(65)53-34(21-17-26-51-48(50)72)43(66)55-35(47(71)75-40)23-19-28-59(74)31(4)61/h6,30,32-36,38-40,60,63,73-74H,2,5,7-29,49H2,1,3-4H3,(H,52,62)(H,53,65)(H,54,67)(H,55,66)(H,56,68)(H,57,64)(H,69,70)(H3,50,51,72). The molecule has 0 aromatic rings. The number of unbranched alkanes of at least 4 members (excludes halogenated alkanes) is 9. The summed E-state index contributed by atoms with van der Waals surface area (Å²) in [6.07, 6.45) is 5.61. The number of ether oxygens (including phenoxy) is 1. The highest BCUT2D eigenvalue weighted by Crippen LogP contribution is 2.21. The van der Waals surface area contributed by atoms with Crippen molar-refractivity contribution in [3.8, 4) is 0 Å². The van der Waals surface area contributed by atoms with Crippen LogP contribution in [-0.4, -0.2) is 176 Å². The number of hydrogen-bond donors (Lipinski definition) is 14. The SMILES string of the molecule is C=CN(O)CCCC(NC(=O)CCCCCCCCCCCC)C1OC(=O)C(CCCN(O)C(C)=O)NC(=O)C(CCCNC(N)=O)NC(=O)C(CCCN)NC(=O)C(CO)NC(=O)C(C(O)C(=O)O)NC(=O)C1C. The predicted molar refractivity (Wildman–Crippen MR) is 269 cm³/mol. The van der Waals surface area contributed by atoms with Crippen LogP contribution in [0.25, 0.3) is 0 Å². The summed E-state index contributed by atoms with van der Waals surface area (Å²) in [5.74, 6) is -12.1. The first kappa shape index (κ1) is 66.9. The van der Waals surface area contributed by atoms with Crippen LogP contribution in [0.4, 0.5) is 4.79 Å².